The van der Waals surface area contributed by atoms with Gasteiger partial charge in [0.05, 0.1) is 5.66 Å². The monoisotopic (exact) mass is 270 g/mol. The SMILES string of the molecule is NC1(N)CCC(C2CCC(=O)OCOC(=O)C2)CC1. The van der Waals surface area contributed by atoms with Crippen LogP contribution >= 0.6 is 0 Å². The Kier molecular flexibility index (Phi) is 4.42. The summed E-state index contributed by atoms with van der Waals surface area (Å²) in [6.07, 6.45) is 4.68. The normalized spacial score (nSPS) is 29.7. The van der Waals surface area contributed by atoms with Gasteiger partial charge < -0.3 is 20.9 Å². The average molecular weight is 270 g/mol. The lowest BCUT2D eigenvalue weighted by molar-refractivity contribution is -0.166. The number of hydrogen-bond donors (Lipinski definition) is 2. The van der Waals surface area contributed by atoms with Crippen LogP contribution in [-0.2, 0) is 19.1 Å². The van der Waals surface area contributed by atoms with E-state index in [0.717, 1.165) is 25.7 Å². The predicted octanol–water partition coefficient (Wildman–Crippen LogP) is 0.634. The van der Waals surface area contributed by atoms with Gasteiger partial charge in [-0.05, 0) is 43.9 Å². The van der Waals surface area contributed by atoms with Gasteiger partial charge >= 0.3 is 11.9 Å². The molecule has 1 aliphatic carbocycles. The highest BCUT2D eigenvalue weighted by molar-refractivity contribution is 5.72. The van der Waals surface area contributed by atoms with Crippen molar-refractivity contribution in [2.75, 3.05) is 6.79 Å². The minimum Gasteiger partial charge on any atom is -0.428 e. The van der Waals surface area contributed by atoms with E-state index in [1.165, 1.54) is 0 Å². The molecule has 0 amide bonds. The molecule has 6 heteroatoms. The van der Waals surface area contributed by atoms with Gasteiger partial charge in [0, 0.05) is 12.8 Å². The van der Waals surface area contributed by atoms with Gasteiger partial charge in [-0.3, -0.25) is 9.59 Å². The molecule has 1 saturated heterocycles. The highest BCUT2D eigenvalue weighted by Gasteiger charge is 2.34. The number of carbonyl (C=O) groups is 2. The first-order valence-corrected chi connectivity index (χ1v) is 6.85. The maximum Gasteiger partial charge on any atom is 0.308 e. The average Bonchev–Trinajstić information content (AvgIpc) is 2.41. The summed E-state index contributed by atoms with van der Waals surface area (Å²) in [7, 11) is 0. The van der Waals surface area contributed by atoms with E-state index < -0.39 is 5.66 Å². The third kappa shape index (κ3) is 4.18. The molecule has 0 aromatic rings. The molecule has 108 valence electrons. The van der Waals surface area contributed by atoms with Gasteiger partial charge in [-0.2, -0.15) is 0 Å². The van der Waals surface area contributed by atoms with E-state index in [1.54, 1.807) is 0 Å². The summed E-state index contributed by atoms with van der Waals surface area (Å²) in [4.78, 5) is 23.0. The fraction of sp³-hybridized carbons (Fsp3) is 0.846. The largest absolute Gasteiger partial charge is 0.428 e. The fourth-order valence-corrected chi connectivity index (χ4v) is 2.96. The Morgan fingerprint density at radius 1 is 0.947 bits per heavy atom. The highest BCUT2D eigenvalue weighted by Crippen LogP contribution is 2.36. The lowest BCUT2D eigenvalue weighted by atomic mass is 9.73. The second-order valence-corrected chi connectivity index (χ2v) is 5.72. The Morgan fingerprint density at radius 3 is 2.26 bits per heavy atom. The van der Waals surface area contributed by atoms with Crippen molar-refractivity contribution in [2.45, 2.75) is 50.6 Å². The zero-order valence-corrected chi connectivity index (χ0v) is 11.1. The van der Waals surface area contributed by atoms with Crippen LogP contribution in [0.4, 0.5) is 0 Å². The molecule has 1 heterocycles. The van der Waals surface area contributed by atoms with Crippen molar-refractivity contribution >= 4 is 11.9 Å². The maximum absolute atomic E-state index is 11.6. The Labute approximate surface area is 112 Å². The van der Waals surface area contributed by atoms with Crippen molar-refractivity contribution in [2.24, 2.45) is 23.3 Å². The summed E-state index contributed by atoms with van der Waals surface area (Å²) in [6.45, 7) is -0.260. The molecule has 2 aliphatic rings. The summed E-state index contributed by atoms with van der Waals surface area (Å²) in [5, 5.41) is 0. The Bertz CT molecular complexity index is 347. The maximum atomic E-state index is 11.6. The van der Waals surface area contributed by atoms with Gasteiger partial charge in [0.2, 0.25) is 6.79 Å². The Morgan fingerprint density at radius 2 is 1.58 bits per heavy atom. The minimum absolute atomic E-state index is 0.161. The fourth-order valence-electron chi connectivity index (χ4n) is 2.96. The van der Waals surface area contributed by atoms with Gasteiger partial charge in [0.1, 0.15) is 0 Å². The van der Waals surface area contributed by atoms with E-state index in [2.05, 4.69) is 0 Å². The van der Waals surface area contributed by atoms with Gasteiger partial charge in [-0.25, -0.2) is 0 Å². The molecule has 19 heavy (non-hydrogen) atoms. The van der Waals surface area contributed by atoms with E-state index in [1.807, 2.05) is 0 Å². The van der Waals surface area contributed by atoms with Crippen LogP contribution in [-0.4, -0.2) is 24.4 Å². The molecular weight excluding hydrogens is 248 g/mol. The van der Waals surface area contributed by atoms with Crippen LogP contribution in [0.15, 0.2) is 0 Å². The molecule has 0 aromatic carbocycles. The third-order valence-electron chi connectivity index (χ3n) is 4.22. The van der Waals surface area contributed by atoms with Crippen LogP contribution in [0.2, 0.25) is 0 Å². The zero-order chi connectivity index (χ0) is 13.9. The van der Waals surface area contributed by atoms with E-state index in [0.29, 0.717) is 25.2 Å². The molecule has 1 unspecified atom stereocenters. The number of cyclic esters (lactones) is 2. The highest BCUT2D eigenvalue weighted by atomic mass is 16.7. The van der Waals surface area contributed by atoms with Crippen molar-refractivity contribution in [1.82, 2.24) is 0 Å². The van der Waals surface area contributed by atoms with Crippen LogP contribution in [0.5, 0.6) is 0 Å². The molecule has 0 radical (unpaired) electrons. The van der Waals surface area contributed by atoms with E-state index in [-0.39, 0.29) is 24.6 Å². The molecule has 0 spiro atoms. The van der Waals surface area contributed by atoms with Gasteiger partial charge in [0.15, 0.2) is 0 Å². The number of carbonyl (C=O) groups excluding carboxylic acids is 2. The summed E-state index contributed by atoms with van der Waals surface area (Å²) < 4.78 is 9.64. The summed E-state index contributed by atoms with van der Waals surface area (Å²) >= 11 is 0. The first-order chi connectivity index (χ1) is 8.96. The van der Waals surface area contributed by atoms with Crippen LogP contribution in [0, 0.1) is 11.8 Å². The van der Waals surface area contributed by atoms with Gasteiger partial charge in [-0.1, -0.05) is 0 Å². The summed E-state index contributed by atoms with van der Waals surface area (Å²) in [6, 6.07) is 0. The van der Waals surface area contributed by atoms with Crippen LogP contribution in [0.25, 0.3) is 0 Å². The van der Waals surface area contributed by atoms with Crippen LogP contribution in [0.3, 0.4) is 0 Å². The number of hydrogen-bond acceptors (Lipinski definition) is 6. The van der Waals surface area contributed by atoms with E-state index in [9.17, 15) is 9.59 Å². The first kappa shape index (κ1) is 14.3. The summed E-state index contributed by atoms with van der Waals surface area (Å²) in [5.41, 5.74) is 11.2. The van der Waals surface area contributed by atoms with Crippen molar-refractivity contribution in [1.29, 1.82) is 0 Å². The lowest BCUT2D eigenvalue weighted by Gasteiger charge is -2.37. The van der Waals surface area contributed by atoms with Crippen LogP contribution in [0.1, 0.15) is 44.9 Å². The molecule has 1 atom stereocenters. The number of ether oxygens (including phenoxy) is 2. The molecule has 6 nitrogen and oxygen atoms in total. The third-order valence-corrected chi connectivity index (χ3v) is 4.22. The van der Waals surface area contributed by atoms with Crippen molar-refractivity contribution in [3.8, 4) is 0 Å². The number of esters is 2. The molecule has 0 aromatic heterocycles. The molecule has 1 aliphatic heterocycles. The number of nitrogens with two attached hydrogens (primary N) is 2. The quantitative estimate of drug-likeness (QED) is 0.535. The van der Waals surface area contributed by atoms with E-state index >= 15 is 0 Å². The van der Waals surface area contributed by atoms with Gasteiger partial charge in [-0.15, -0.1) is 0 Å². The lowest BCUT2D eigenvalue weighted by Crippen LogP contribution is -2.52. The van der Waals surface area contributed by atoms with Gasteiger partial charge in [0.25, 0.3) is 0 Å². The molecule has 2 rings (SSSR count). The predicted molar refractivity (Wildman–Crippen MR) is 67.5 cm³/mol. The van der Waals surface area contributed by atoms with Crippen molar-refractivity contribution < 1.29 is 19.1 Å². The molecule has 1 saturated carbocycles. The van der Waals surface area contributed by atoms with Crippen LogP contribution < -0.4 is 11.5 Å². The van der Waals surface area contributed by atoms with E-state index in [4.69, 9.17) is 20.9 Å². The first-order valence-electron chi connectivity index (χ1n) is 6.85. The number of rotatable bonds is 1. The standard InChI is InChI=1S/C13H22N2O4/c14-13(15)5-3-9(4-6-13)10-1-2-11(16)18-8-19-12(17)7-10/h9-10H,1-8,14-15H2. The zero-order valence-electron chi connectivity index (χ0n) is 11.1. The molecular formula is C13H22N2O4. The summed E-state index contributed by atoms with van der Waals surface area (Å²) in [5.74, 6) is -0.0486. The van der Waals surface area contributed by atoms with Crippen molar-refractivity contribution in [3.05, 3.63) is 0 Å². The Balaban J connectivity index is 1.96. The second kappa shape index (κ2) is 5.88. The smallest absolute Gasteiger partial charge is 0.308 e. The topological polar surface area (TPSA) is 105 Å². The van der Waals surface area contributed by atoms with Crippen molar-refractivity contribution in [3.63, 3.8) is 0 Å². The molecule has 0 bridgehead atoms. The molecule has 4 N–H and O–H groups in total. The second-order valence-electron chi connectivity index (χ2n) is 5.72. The Hall–Kier alpha value is -1.14. The minimum atomic E-state index is -0.575. The molecule has 2 fully saturated rings.